The second-order valence-electron chi connectivity index (χ2n) is 5.03. The van der Waals surface area contributed by atoms with E-state index in [0.29, 0.717) is 17.2 Å². The second kappa shape index (κ2) is 7.77. The lowest BCUT2D eigenvalue weighted by atomic mass is 10.2. The summed E-state index contributed by atoms with van der Waals surface area (Å²) < 4.78 is 32.0. The summed E-state index contributed by atoms with van der Waals surface area (Å²) in [5.41, 5.74) is 0.845. The van der Waals surface area contributed by atoms with Gasteiger partial charge in [0.1, 0.15) is 5.75 Å². The van der Waals surface area contributed by atoms with Gasteiger partial charge in [-0.15, -0.1) is 0 Å². The van der Waals surface area contributed by atoms with Gasteiger partial charge in [-0.25, -0.2) is 8.42 Å². The Kier molecular flexibility index (Phi) is 6.64. The summed E-state index contributed by atoms with van der Waals surface area (Å²) in [5.74, 6) is 0.695. The molecule has 1 N–H and O–H groups in total. The first-order valence-electron chi connectivity index (χ1n) is 7.24. The zero-order valence-corrected chi connectivity index (χ0v) is 14.3. The van der Waals surface area contributed by atoms with E-state index in [1.165, 1.54) is 4.31 Å². The lowest BCUT2D eigenvalue weighted by molar-refractivity contribution is 0.380. The van der Waals surface area contributed by atoms with Gasteiger partial charge in [0.2, 0.25) is 10.0 Å². The average molecular weight is 314 g/mol. The van der Waals surface area contributed by atoms with Crippen LogP contribution in [0.2, 0.25) is 0 Å². The third kappa shape index (κ3) is 4.18. The quantitative estimate of drug-likeness (QED) is 0.799. The molecule has 0 amide bonds. The van der Waals surface area contributed by atoms with Gasteiger partial charge >= 0.3 is 0 Å². The largest absolute Gasteiger partial charge is 0.496 e. The molecular weight excluding hydrogens is 288 g/mol. The lowest BCUT2D eigenvalue weighted by Crippen LogP contribution is -2.34. The Morgan fingerprint density at radius 2 is 2.00 bits per heavy atom. The van der Waals surface area contributed by atoms with Crippen molar-refractivity contribution in [3.05, 3.63) is 23.8 Å². The van der Waals surface area contributed by atoms with Crippen molar-refractivity contribution in [2.45, 2.75) is 44.7 Å². The van der Waals surface area contributed by atoms with Crippen LogP contribution in [0.5, 0.6) is 5.75 Å². The lowest BCUT2D eigenvalue weighted by Gasteiger charge is -2.23. The molecule has 0 aliphatic rings. The van der Waals surface area contributed by atoms with Crippen molar-refractivity contribution >= 4 is 10.0 Å². The van der Waals surface area contributed by atoms with Gasteiger partial charge in [-0.3, -0.25) is 0 Å². The van der Waals surface area contributed by atoms with Crippen molar-refractivity contribution in [3.8, 4) is 5.75 Å². The predicted octanol–water partition coefficient (Wildman–Crippen LogP) is 2.22. The molecule has 21 heavy (non-hydrogen) atoms. The SMILES string of the molecule is CCNCc1cc(S(=O)(=O)N(C)C(C)CC)ccc1OC. The molecule has 1 atom stereocenters. The Hall–Kier alpha value is -1.11. The first kappa shape index (κ1) is 17.9. The molecule has 0 heterocycles. The third-order valence-electron chi connectivity index (χ3n) is 3.71. The van der Waals surface area contributed by atoms with Gasteiger partial charge < -0.3 is 10.1 Å². The van der Waals surface area contributed by atoms with E-state index in [2.05, 4.69) is 5.32 Å². The molecule has 0 saturated carbocycles. The normalized spacial score (nSPS) is 13.4. The van der Waals surface area contributed by atoms with E-state index >= 15 is 0 Å². The third-order valence-corrected chi connectivity index (χ3v) is 5.67. The van der Waals surface area contributed by atoms with Gasteiger partial charge in [-0.1, -0.05) is 13.8 Å². The monoisotopic (exact) mass is 314 g/mol. The summed E-state index contributed by atoms with van der Waals surface area (Å²) in [6.45, 7) is 7.27. The standard InChI is InChI=1S/C15H26N2O3S/c1-6-12(3)17(4)21(18,19)14-8-9-15(20-5)13(10-14)11-16-7-2/h8-10,12,16H,6-7,11H2,1-5H3. The van der Waals surface area contributed by atoms with E-state index in [1.54, 1.807) is 32.4 Å². The number of benzene rings is 1. The van der Waals surface area contributed by atoms with Crippen molar-refractivity contribution in [2.75, 3.05) is 20.7 Å². The number of methoxy groups -OCH3 is 1. The van der Waals surface area contributed by atoms with Gasteiger partial charge in [0.25, 0.3) is 0 Å². The number of hydrogen-bond acceptors (Lipinski definition) is 4. The Morgan fingerprint density at radius 3 is 2.52 bits per heavy atom. The van der Waals surface area contributed by atoms with Crippen LogP contribution in [0.15, 0.2) is 23.1 Å². The minimum absolute atomic E-state index is 0.0330. The molecule has 0 spiro atoms. The molecule has 1 aromatic rings. The maximum atomic E-state index is 12.6. The molecule has 0 aromatic heterocycles. The zero-order chi connectivity index (χ0) is 16.0. The topological polar surface area (TPSA) is 58.6 Å². The molecule has 6 heteroatoms. The summed E-state index contributed by atoms with van der Waals surface area (Å²) in [7, 11) is -0.263. The molecule has 1 aromatic carbocycles. The maximum Gasteiger partial charge on any atom is 0.243 e. The highest BCUT2D eigenvalue weighted by Gasteiger charge is 2.25. The minimum atomic E-state index is -3.47. The van der Waals surface area contributed by atoms with Crippen LogP contribution in [0.25, 0.3) is 0 Å². The molecule has 1 rings (SSSR count). The van der Waals surface area contributed by atoms with E-state index < -0.39 is 10.0 Å². The van der Waals surface area contributed by atoms with Crippen LogP contribution in [0, 0.1) is 0 Å². The summed E-state index contributed by atoms with van der Waals surface area (Å²) in [4.78, 5) is 0.305. The van der Waals surface area contributed by atoms with Crippen molar-refractivity contribution in [2.24, 2.45) is 0 Å². The van der Waals surface area contributed by atoms with Crippen molar-refractivity contribution in [3.63, 3.8) is 0 Å². The molecule has 1 unspecified atom stereocenters. The fraction of sp³-hybridized carbons (Fsp3) is 0.600. The van der Waals surface area contributed by atoms with Crippen molar-refractivity contribution < 1.29 is 13.2 Å². The number of hydrogen-bond donors (Lipinski definition) is 1. The van der Waals surface area contributed by atoms with Crippen molar-refractivity contribution in [1.82, 2.24) is 9.62 Å². The molecule has 0 radical (unpaired) electrons. The highest BCUT2D eigenvalue weighted by Crippen LogP contribution is 2.25. The fourth-order valence-corrected chi connectivity index (χ4v) is 3.46. The molecule has 0 aliphatic heterocycles. The number of ether oxygens (including phenoxy) is 1. The Bertz CT molecular complexity index is 558. The first-order chi connectivity index (χ1) is 9.88. The molecule has 5 nitrogen and oxygen atoms in total. The molecule has 120 valence electrons. The predicted molar refractivity (Wildman–Crippen MR) is 85.1 cm³/mol. The average Bonchev–Trinajstić information content (AvgIpc) is 2.50. The van der Waals surface area contributed by atoms with Crippen LogP contribution >= 0.6 is 0 Å². The summed E-state index contributed by atoms with van der Waals surface area (Å²) in [6, 6.07) is 4.97. The molecule has 0 saturated heterocycles. The number of sulfonamides is 1. The van der Waals surface area contributed by atoms with E-state index in [-0.39, 0.29) is 6.04 Å². The zero-order valence-electron chi connectivity index (χ0n) is 13.5. The number of nitrogens with zero attached hydrogens (tertiary/aromatic N) is 1. The van der Waals surface area contributed by atoms with E-state index in [4.69, 9.17) is 4.74 Å². The summed E-state index contributed by atoms with van der Waals surface area (Å²) in [6.07, 6.45) is 0.774. The fourth-order valence-electron chi connectivity index (χ4n) is 1.97. The summed E-state index contributed by atoms with van der Waals surface area (Å²) >= 11 is 0. The molecule has 0 aliphatic carbocycles. The Morgan fingerprint density at radius 1 is 1.33 bits per heavy atom. The van der Waals surface area contributed by atoms with Crippen LogP contribution in [-0.2, 0) is 16.6 Å². The van der Waals surface area contributed by atoms with Gasteiger partial charge in [-0.05, 0) is 38.1 Å². The molecule has 0 bridgehead atoms. The second-order valence-corrected chi connectivity index (χ2v) is 7.03. The van der Waals surface area contributed by atoms with Crippen molar-refractivity contribution in [1.29, 1.82) is 0 Å². The molecular formula is C15H26N2O3S. The van der Waals surface area contributed by atoms with Gasteiger partial charge in [0, 0.05) is 25.2 Å². The summed E-state index contributed by atoms with van der Waals surface area (Å²) in [5, 5.41) is 3.19. The number of rotatable bonds is 8. The smallest absolute Gasteiger partial charge is 0.243 e. The van der Waals surface area contributed by atoms with Crippen LogP contribution in [0.1, 0.15) is 32.8 Å². The van der Waals surface area contributed by atoms with Crippen LogP contribution in [-0.4, -0.2) is 39.5 Å². The van der Waals surface area contributed by atoms with Crippen LogP contribution < -0.4 is 10.1 Å². The number of nitrogens with one attached hydrogen (secondary N) is 1. The highest BCUT2D eigenvalue weighted by molar-refractivity contribution is 7.89. The maximum absolute atomic E-state index is 12.6. The van der Waals surface area contributed by atoms with Crippen LogP contribution in [0.4, 0.5) is 0 Å². The Balaban J connectivity index is 3.18. The Labute approximate surface area is 128 Å². The van der Waals surface area contributed by atoms with Crippen LogP contribution in [0.3, 0.4) is 0 Å². The molecule has 0 fully saturated rings. The van der Waals surface area contributed by atoms with Gasteiger partial charge in [0.05, 0.1) is 12.0 Å². The van der Waals surface area contributed by atoms with E-state index in [0.717, 1.165) is 18.5 Å². The first-order valence-corrected chi connectivity index (χ1v) is 8.68. The minimum Gasteiger partial charge on any atom is -0.496 e. The van der Waals surface area contributed by atoms with E-state index in [1.807, 2.05) is 20.8 Å². The van der Waals surface area contributed by atoms with Gasteiger partial charge in [-0.2, -0.15) is 4.31 Å². The highest BCUT2D eigenvalue weighted by atomic mass is 32.2. The van der Waals surface area contributed by atoms with E-state index in [9.17, 15) is 8.42 Å². The van der Waals surface area contributed by atoms with Gasteiger partial charge in [0.15, 0.2) is 0 Å².